The van der Waals surface area contributed by atoms with Gasteiger partial charge in [-0.1, -0.05) is 36.4 Å². The van der Waals surface area contributed by atoms with Crippen molar-refractivity contribution in [1.82, 2.24) is 9.80 Å². The van der Waals surface area contributed by atoms with Crippen molar-refractivity contribution in [3.05, 3.63) is 71.3 Å². The number of hydrogen-bond acceptors (Lipinski definition) is 3. The van der Waals surface area contributed by atoms with Gasteiger partial charge in [-0.3, -0.25) is 9.59 Å². The Balaban J connectivity index is 1.77. The summed E-state index contributed by atoms with van der Waals surface area (Å²) in [5.74, 6) is -0.0219. The second-order valence-electron chi connectivity index (χ2n) is 6.79. The van der Waals surface area contributed by atoms with Crippen LogP contribution in [0.3, 0.4) is 0 Å². The molecular formula is C21H25N3O2. The quantitative estimate of drug-likeness (QED) is 0.919. The van der Waals surface area contributed by atoms with Crippen molar-refractivity contribution in [2.75, 3.05) is 26.7 Å². The lowest BCUT2D eigenvalue weighted by atomic mass is 9.95. The first-order valence-electron chi connectivity index (χ1n) is 8.96. The van der Waals surface area contributed by atoms with Gasteiger partial charge < -0.3 is 15.5 Å². The molecule has 2 aromatic carbocycles. The van der Waals surface area contributed by atoms with E-state index < -0.39 is 0 Å². The van der Waals surface area contributed by atoms with Crippen molar-refractivity contribution in [1.29, 1.82) is 0 Å². The van der Waals surface area contributed by atoms with Gasteiger partial charge in [-0.25, -0.2) is 0 Å². The van der Waals surface area contributed by atoms with Crippen LogP contribution in [0.5, 0.6) is 0 Å². The molecule has 3 rings (SSSR count). The molecule has 136 valence electrons. The molecule has 1 saturated heterocycles. The van der Waals surface area contributed by atoms with Crippen LogP contribution >= 0.6 is 0 Å². The maximum atomic E-state index is 12.9. The SMILES string of the molecule is CCN(C)C(=O)c1cccc(C(=O)N2C[C@@H](N)[C@H](c3ccccc3)C2)c1. The van der Waals surface area contributed by atoms with Gasteiger partial charge in [0.2, 0.25) is 0 Å². The summed E-state index contributed by atoms with van der Waals surface area (Å²) in [5.41, 5.74) is 8.51. The lowest BCUT2D eigenvalue weighted by Gasteiger charge is -2.18. The fraction of sp³-hybridized carbons (Fsp3) is 0.333. The Morgan fingerprint density at radius 1 is 1.08 bits per heavy atom. The van der Waals surface area contributed by atoms with Gasteiger partial charge >= 0.3 is 0 Å². The standard InChI is InChI=1S/C21H25N3O2/c1-3-23(2)20(25)16-10-7-11-17(12-16)21(26)24-13-18(19(22)14-24)15-8-5-4-6-9-15/h4-12,18-19H,3,13-14,22H2,1-2H3/t18-,19+/m0/s1. The van der Waals surface area contributed by atoms with Crippen LogP contribution in [0, 0.1) is 0 Å². The van der Waals surface area contributed by atoms with E-state index >= 15 is 0 Å². The molecule has 1 aliphatic rings. The van der Waals surface area contributed by atoms with E-state index in [-0.39, 0.29) is 23.8 Å². The van der Waals surface area contributed by atoms with Crippen LogP contribution in [0.25, 0.3) is 0 Å². The molecule has 0 aliphatic carbocycles. The van der Waals surface area contributed by atoms with E-state index in [1.807, 2.05) is 25.1 Å². The number of likely N-dealkylation sites (tertiary alicyclic amines) is 1. The van der Waals surface area contributed by atoms with Crippen molar-refractivity contribution in [2.24, 2.45) is 5.73 Å². The molecule has 2 atom stereocenters. The van der Waals surface area contributed by atoms with Gasteiger partial charge in [0.15, 0.2) is 0 Å². The number of hydrogen-bond donors (Lipinski definition) is 1. The van der Waals surface area contributed by atoms with Gasteiger partial charge in [0.25, 0.3) is 11.8 Å². The molecule has 0 spiro atoms. The van der Waals surface area contributed by atoms with E-state index in [0.717, 1.165) is 5.56 Å². The van der Waals surface area contributed by atoms with Crippen molar-refractivity contribution in [2.45, 2.75) is 18.9 Å². The molecule has 26 heavy (non-hydrogen) atoms. The molecule has 0 radical (unpaired) electrons. The molecule has 5 nitrogen and oxygen atoms in total. The first-order valence-corrected chi connectivity index (χ1v) is 8.96. The largest absolute Gasteiger partial charge is 0.342 e. The molecule has 1 heterocycles. The smallest absolute Gasteiger partial charge is 0.253 e. The zero-order chi connectivity index (χ0) is 18.7. The number of benzene rings is 2. The maximum absolute atomic E-state index is 12.9. The monoisotopic (exact) mass is 351 g/mol. The third-order valence-corrected chi connectivity index (χ3v) is 5.06. The molecule has 1 fully saturated rings. The van der Waals surface area contributed by atoms with E-state index in [2.05, 4.69) is 12.1 Å². The van der Waals surface area contributed by atoms with Crippen LogP contribution in [0.15, 0.2) is 54.6 Å². The summed E-state index contributed by atoms with van der Waals surface area (Å²) < 4.78 is 0. The van der Waals surface area contributed by atoms with E-state index in [0.29, 0.717) is 30.8 Å². The van der Waals surface area contributed by atoms with Crippen molar-refractivity contribution < 1.29 is 9.59 Å². The van der Waals surface area contributed by atoms with Gasteiger partial charge in [-0.2, -0.15) is 0 Å². The molecule has 2 amide bonds. The fourth-order valence-corrected chi connectivity index (χ4v) is 3.38. The molecule has 0 bridgehead atoms. The number of rotatable bonds is 4. The van der Waals surface area contributed by atoms with Gasteiger partial charge in [0.1, 0.15) is 0 Å². The van der Waals surface area contributed by atoms with Crippen LogP contribution in [-0.2, 0) is 0 Å². The zero-order valence-electron chi connectivity index (χ0n) is 15.3. The van der Waals surface area contributed by atoms with E-state index in [1.165, 1.54) is 0 Å². The Morgan fingerprint density at radius 3 is 2.46 bits per heavy atom. The summed E-state index contributed by atoms with van der Waals surface area (Å²) in [6, 6.07) is 16.9. The number of carbonyl (C=O) groups is 2. The number of nitrogens with two attached hydrogens (primary N) is 1. The normalized spacial score (nSPS) is 19.4. The first-order chi connectivity index (χ1) is 12.5. The molecule has 5 heteroatoms. The molecule has 0 unspecified atom stereocenters. The zero-order valence-corrected chi connectivity index (χ0v) is 15.3. The average Bonchev–Trinajstić information content (AvgIpc) is 3.08. The third kappa shape index (κ3) is 3.63. The summed E-state index contributed by atoms with van der Waals surface area (Å²) in [4.78, 5) is 28.7. The summed E-state index contributed by atoms with van der Waals surface area (Å²) in [6.07, 6.45) is 0. The highest BCUT2D eigenvalue weighted by Crippen LogP contribution is 2.27. The molecule has 2 aromatic rings. The lowest BCUT2D eigenvalue weighted by Crippen LogP contribution is -2.32. The van der Waals surface area contributed by atoms with Crippen molar-refractivity contribution >= 4 is 11.8 Å². The van der Waals surface area contributed by atoms with Crippen molar-refractivity contribution in [3.8, 4) is 0 Å². The summed E-state index contributed by atoms with van der Waals surface area (Å²) in [7, 11) is 1.75. The molecule has 0 aromatic heterocycles. The minimum Gasteiger partial charge on any atom is -0.342 e. The van der Waals surface area contributed by atoms with Crippen molar-refractivity contribution in [3.63, 3.8) is 0 Å². The number of carbonyl (C=O) groups excluding carboxylic acids is 2. The number of amides is 2. The highest BCUT2D eigenvalue weighted by Gasteiger charge is 2.34. The summed E-state index contributed by atoms with van der Waals surface area (Å²) in [6.45, 7) is 3.65. The Kier molecular flexibility index (Phi) is 5.38. The highest BCUT2D eigenvalue weighted by atomic mass is 16.2. The van der Waals surface area contributed by atoms with Crippen LogP contribution in [0.2, 0.25) is 0 Å². The van der Waals surface area contributed by atoms with Gasteiger partial charge in [-0.15, -0.1) is 0 Å². The molecule has 0 saturated carbocycles. The van der Waals surface area contributed by atoms with Crippen LogP contribution in [0.4, 0.5) is 0 Å². The average molecular weight is 351 g/mol. The van der Waals surface area contributed by atoms with Gasteiger partial charge in [0.05, 0.1) is 0 Å². The van der Waals surface area contributed by atoms with Gasteiger partial charge in [-0.05, 0) is 30.7 Å². The first kappa shape index (κ1) is 18.1. The molecule has 2 N–H and O–H groups in total. The summed E-state index contributed by atoms with van der Waals surface area (Å²) >= 11 is 0. The topological polar surface area (TPSA) is 66.6 Å². The Hall–Kier alpha value is -2.66. The Labute approximate surface area is 154 Å². The Bertz CT molecular complexity index is 791. The van der Waals surface area contributed by atoms with E-state index in [9.17, 15) is 9.59 Å². The highest BCUT2D eigenvalue weighted by molar-refractivity contribution is 5.99. The van der Waals surface area contributed by atoms with E-state index in [1.54, 1.807) is 41.1 Å². The molecule has 1 aliphatic heterocycles. The van der Waals surface area contributed by atoms with Gasteiger partial charge in [0, 0.05) is 49.8 Å². The third-order valence-electron chi connectivity index (χ3n) is 5.06. The predicted molar refractivity (Wildman–Crippen MR) is 102 cm³/mol. The second-order valence-corrected chi connectivity index (χ2v) is 6.79. The second kappa shape index (κ2) is 7.70. The fourth-order valence-electron chi connectivity index (χ4n) is 3.38. The summed E-state index contributed by atoms with van der Waals surface area (Å²) in [5, 5.41) is 0. The van der Waals surface area contributed by atoms with Crippen LogP contribution in [0.1, 0.15) is 39.1 Å². The van der Waals surface area contributed by atoms with Crippen LogP contribution in [-0.4, -0.2) is 54.3 Å². The van der Waals surface area contributed by atoms with Crippen LogP contribution < -0.4 is 5.73 Å². The Morgan fingerprint density at radius 2 is 1.77 bits per heavy atom. The minimum absolute atomic E-state index is 0.0762. The van der Waals surface area contributed by atoms with E-state index in [4.69, 9.17) is 5.73 Å². The maximum Gasteiger partial charge on any atom is 0.253 e. The lowest BCUT2D eigenvalue weighted by molar-refractivity contribution is 0.0789. The number of nitrogens with zero attached hydrogens (tertiary/aromatic N) is 2. The minimum atomic E-state index is -0.0858. The predicted octanol–water partition coefficient (Wildman–Crippen LogP) is 2.35. The molecular weight excluding hydrogens is 326 g/mol.